The van der Waals surface area contributed by atoms with Crippen molar-refractivity contribution in [3.05, 3.63) is 46.8 Å². The fraction of sp³-hybridized carbons (Fsp3) is 0.389. The minimum atomic E-state index is -2.82. The zero-order valence-electron chi connectivity index (χ0n) is 14.9. The van der Waals surface area contributed by atoms with Gasteiger partial charge in [0, 0.05) is 6.42 Å². The van der Waals surface area contributed by atoms with Crippen LogP contribution in [0.5, 0.6) is 5.75 Å². The van der Waals surface area contributed by atoms with Gasteiger partial charge in [0.1, 0.15) is 24.2 Å². The van der Waals surface area contributed by atoms with Crippen molar-refractivity contribution >= 4 is 11.9 Å². The molecular weight excluding hydrogens is 362 g/mol. The first-order valence-corrected chi connectivity index (χ1v) is 8.20. The first kappa shape index (κ1) is 20.3. The number of alkyl halides is 2. The predicted molar refractivity (Wildman–Crippen MR) is 90.6 cm³/mol. The van der Waals surface area contributed by atoms with Gasteiger partial charge >= 0.3 is 5.97 Å². The number of nitrogens with zero attached hydrogens (tertiary/aromatic N) is 1. The fourth-order valence-corrected chi connectivity index (χ4v) is 2.40. The van der Waals surface area contributed by atoms with Crippen LogP contribution in [0.2, 0.25) is 0 Å². The van der Waals surface area contributed by atoms with Crippen LogP contribution in [0.3, 0.4) is 0 Å². The first-order valence-electron chi connectivity index (χ1n) is 8.20. The van der Waals surface area contributed by atoms with E-state index in [1.54, 1.807) is 31.2 Å². The van der Waals surface area contributed by atoms with Crippen LogP contribution in [-0.4, -0.2) is 34.6 Å². The minimum Gasteiger partial charge on any atom is -0.489 e. The normalized spacial score (nSPS) is 12.0. The number of aryl methyl sites for hydroxylation is 2. The Morgan fingerprint density at radius 3 is 2.44 bits per heavy atom. The van der Waals surface area contributed by atoms with E-state index >= 15 is 0 Å². The maximum Gasteiger partial charge on any atom is 0.326 e. The molecular formula is C18H20F2N2O5. The summed E-state index contributed by atoms with van der Waals surface area (Å²) in [5.41, 5.74) is 2.20. The van der Waals surface area contributed by atoms with Crippen LogP contribution in [0.1, 0.15) is 29.0 Å². The van der Waals surface area contributed by atoms with Gasteiger partial charge in [0.15, 0.2) is 0 Å². The van der Waals surface area contributed by atoms with E-state index in [0.717, 1.165) is 11.3 Å². The highest BCUT2D eigenvalue weighted by atomic mass is 19.3. The van der Waals surface area contributed by atoms with Crippen molar-refractivity contribution in [1.82, 2.24) is 10.5 Å². The molecule has 9 heteroatoms. The van der Waals surface area contributed by atoms with Gasteiger partial charge in [-0.15, -0.1) is 0 Å². The molecule has 0 spiro atoms. The summed E-state index contributed by atoms with van der Waals surface area (Å²) in [4.78, 5) is 22.8. The summed E-state index contributed by atoms with van der Waals surface area (Å²) < 4.78 is 35.4. The van der Waals surface area contributed by atoms with E-state index in [1.807, 2.05) is 6.92 Å². The van der Waals surface area contributed by atoms with Crippen LogP contribution >= 0.6 is 0 Å². The van der Waals surface area contributed by atoms with Crippen molar-refractivity contribution in [2.45, 2.75) is 45.8 Å². The molecule has 0 radical (unpaired) electrons. The lowest BCUT2D eigenvalue weighted by Gasteiger charge is -2.14. The number of rotatable bonds is 9. The molecule has 0 bridgehead atoms. The number of carbonyl (C=O) groups excluding carboxylic acids is 1. The van der Waals surface area contributed by atoms with E-state index in [0.29, 0.717) is 17.1 Å². The molecule has 2 N–H and O–H groups in total. The van der Waals surface area contributed by atoms with E-state index in [4.69, 9.17) is 14.4 Å². The molecule has 146 valence electrons. The molecule has 0 saturated heterocycles. The van der Waals surface area contributed by atoms with Gasteiger partial charge < -0.3 is 19.7 Å². The van der Waals surface area contributed by atoms with Crippen molar-refractivity contribution in [3.8, 4) is 5.75 Å². The van der Waals surface area contributed by atoms with Gasteiger partial charge in [-0.1, -0.05) is 17.3 Å². The summed E-state index contributed by atoms with van der Waals surface area (Å²) >= 11 is 0. The molecule has 0 aliphatic carbocycles. The third-order valence-electron chi connectivity index (χ3n) is 3.90. The molecule has 27 heavy (non-hydrogen) atoms. The topological polar surface area (TPSA) is 102 Å². The molecule has 1 heterocycles. The maximum absolute atomic E-state index is 12.4. The van der Waals surface area contributed by atoms with Crippen molar-refractivity contribution in [1.29, 1.82) is 0 Å². The molecule has 2 rings (SSSR count). The lowest BCUT2D eigenvalue weighted by Crippen LogP contribution is -2.42. The Bertz CT molecular complexity index is 770. The van der Waals surface area contributed by atoms with Crippen molar-refractivity contribution < 1.29 is 32.7 Å². The van der Waals surface area contributed by atoms with Crippen molar-refractivity contribution in [2.75, 3.05) is 0 Å². The highest BCUT2D eigenvalue weighted by molar-refractivity contribution is 5.84. The number of hydrogen-bond acceptors (Lipinski definition) is 5. The van der Waals surface area contributed by atoms with Gasteiger partial charge in [-0.05, 0) is 31.5 Å². The van der Waals surface area contributed by atoms with Gasteiger partial charge in [-0.25, -0.2) is 13.6 Å². The van der Waals surface area contributed by atoms with Crippen LogP contribution < -0.4 is 10.1 Å². The number of carboxylic acid groups (broad SMARTS) is 1. The zero-order chi connectivity index (χ0) is 20.0. The second kappa shape index (κ2) is 9.11. The van der Waals surface area contributed by atoms with Crippen LogP contribution in [-0.2, 0) is 22.6 Å². The van der Waals surface area contributed by atoms with Crippen molar-refractivity contribution in [3.63, 3.8) is 0 Å². The third-order valence-corrected chi connectivity index (χ3v) is 3.90. The maximum atomic E-state index is 12.4. The monoisotopic (exact) mass is 382 g/mol. The van der Waals surface area contributed by atoms with Gasteiger partial charge in [0.05, 0.1) is 17.7 Å². The summed E-state index contributed by atoms with van der Waals surface area (Å²) in [6.07, 6.45) is -3.88. The van der Waals surface area contributed by atoms with Crippen LogP contribution in [0.25, 0.3) is 0 Å². The van der Waals surface area contributed by atoms with E-state index in [2.05, 4.69) is 10.5 Å². The molecule has 1 atom stereocenters. The average Bonchev–Trinajstić information content (AvgIpc) is 2.91. The first-order chi connectivity index (χ1) is 12.8. The molecule has 7 nitrogen and oxygen atoms in total. The van der Waals surface area contributed by atoms with Gasteiger partial charge in [-0.3, -0.25) is 4.79 Å². The van der Waals surface area contributed by atoms with E-state index in [-0.39, 0.29) is 13.0 Å². The summed E-state index contributed by atoms with van der Waals surface area (Å²) in [6.45, 7) is 3.89. The van der Waals surface area contributed by atoms with Crippen LogP contribution in [0, 0.1) is 13.8 Å². The van der Waals surface area contributed by atoms with E-state index in [1.165, 1.54) is 0 Å². The standard InChI is InChI=1S/C18H20F2N2O5/c1-10-14(11(2)27-22-10)9-26-13-5-3-12(4-6-13)7-17(23)21-15(18(24)25)8-16(19)20/h3-6,15-16H,7-9H2,1-2H3,(H,21,23)(H,24,25). The number of benzene rings is 1. The molecule has 0 saturated carbocycles. The van der Waals surface area contributed by atoms with Gasteiger partial charge in [-0.2, -0.15) is 0 Å². The number of aromatic nitrogens is 1. The van der Waals surface area contributed by atoms with E-state index in [9.17, 15) is 18.4 Å². The molecule has 1 aromatic carbocycles. The average molecular weight is 382 g/mol. The largest absolute Gasteiger partial charge is 0.489 e. The number of carboxylic acids is 1. The predicted octanol–water partition coefficient (Wildman–Crippen LogP) is 2.64. The molecule has 0 aliphatic rings. The van der Waals surface area contributed by atoms with Crippen LogP contribution in [0.4, 0.5) is 8.78 Å². The fourth-order valence-electron chi connectivity index (χ4n) is 2.40. The Labute approximate surface area is 154 Å². The lowest BCUT2D eigenvalue weighted by atomic mass is 10.1. The zero-order valence-corrected chi connectivity index (χ0v) is 14.9. The number of carbonyl (C=O) groups is 2. The molecule has 0 aliphatic heterocycles. The lowest BCUT2D eigenvalue weighted by molar-refractivity contribution is -0.142. The molecule has 0 fully saturated rings. The summed E-state index contributed by atoms with van der Waals surface area (Å²) in [7, 11) is 0. The molecule has 2 aromatic rings. The Balaban J connectivity index is 1.89. The second-order valence-electron chi connectivity index (χ2n) is 6.00. The Morgan fingerprint density at radius 2 is 1.93 bits per heavy atom. The Hall–Kier alpha value is -2.97. The third kappa shape index (κ3) is 6.05. The van der Waals surface area contributed by atoms with Gasteiger partial charge in [0.25, 0.3) is 0 Å². The molecule has 1 aromatic heterocycles. The number of ether oxygens (including phenoxy) is 1. The number of halogens is 2. The highest BCUT2D eigenvalue weighted by Gasteiger charge is 2.24. The number of nitrogens with one attached hydrogen (secondary N) is 1. The van der Waals surface area contributed by atoms with Crippen LogP contribution in [0.15, 0.2) is 28.8 Å². The quantitative estimate of drug-likeness (QED) is 0.691. The minimum absolute atomic E-state index is 0.128. The number of hydrogen-bond donors (Lipinski definition) is 2. The number of aliphatic carboxylic acids is 1. The SMILES string of the molecule is Cc1noc(C)c1COc1ccc(CC(=O)NC(CC(F)F)C(=O)O)cc1. The summed E-state index contributed by atoms with van der Waals surface area (Å²) in [5, 5.41) is 14.8. The Kier molecular flexibility index (Phi) is 6.86. The van der Waals surface area contributed by atoms with Crippen molar-refractivity contribution in [2.24, 2.45) is 0 Å². The second-order valence-corrected chi connectivity index (χ2v) is 6.00. The van der Waals surface area contributed by atoms with Gasteiger partial charge in [0.2, 0.25) is 12.3 Å². The van der Waals surface area contributed by atoms with E-state index < -0.39 is 30.8 Å². The molecule has 1 amide bonds. The molecule has 1 unspecified atom stereocenters. The number of amides is 1. The summed E-state index contributed by atoms with van der Waals surface area (Å²) in [5.74, 6) is -0.892. The summed E-state index contributed by atoms with van der Waals surface area (Å²) in [6, 6.07) is 5.00. The smallest absolute Gasteiger partial charge is 0.326 e. The highest BCUT2D eigenvalue weighted by Crippen LogP contribution is 2.18. The Morgan fingerprint density at radius 1 is 1.26 bits per heavy atom.